The molecule has 108 valence electrons. The Morgan fingerprint density at radius 2 is 1.86 bits per heavy atom. The molecule has 0 aliphatic heterocycles. The van der Waals surface area contributed by atoms with Crippen molar-refractivity contribution in [3.63, 3.8) is 0 Å². The van der Waals surface area contributed by atoms with Gasteiger partial charge in [0.1, 0.15) is 5.82 Å². The number of hydrogen-bond acceptors (Lipinski definition) is 3. The minimum Gasteiger partial charge on any atom is -0.207 e. The van der Waals surface area contributed by atoms with Gasteiger partial charge >= 0.3 is 0 Å². The van der Waals surface area contributed by atoms with Crippen molar-refractivity contribution in [2.24, 2.45) is 0 Å². The second kappa shape index (κ2) is 6.04. The van der Waals surface area contributed by atoms with E-state index >= 15 is 0 Å². The van der Waals surface area contributed by atoms with Gasteiger partial charge in [-0.15, -0.1) is 0 Å². The Hall–Kier alpha value is -2.23. The molecule has 0 bridgehead atoms. The Morgan fingerprint density at radius 3 is 2.43 bits per heavy atom. The van der Waals surface area contributed by atoms with E-state index in [1.807, 2.05) is 6.07 Å². The number of nitrogens with zero attached hydrogens (tertiary/aromatic N) is 2. The third kappa shape index (κ3) is 3.45. The fourth-order valence-electron chi connectivity index (χ4n) is 1.86. The lowest BCUT2D eigenvalue weighted by atomic mass is 10.2. The quantitative estimate of drug-likeness (QED) is 0.872. The number of halogens is 1. The van der Waals surface area contributed by atoms with E-state index in [9.17, 15) is 12.8 Å². The van der Waals surface area contributed by atoms with E-state index in [1.165, 1.54) is 49.5 Å². The SMILES string of the molecule is CN(Cc1cccc(F)c1)S(=O)(=O)c1ccc(C#N)cc1. The minimum atomic E-state index is -3.67. The summed E-state index contributed by atoms with van der Waals surface area (Å²) in [6.07, 6.45) is 0. The topological polar surface area (TPSA) is 61.2 Å². The summed E-state index contributed by atoms with van der Waals surface area (Å²) >= 11 is 0. The highest BCUT2D eigenvalue weighted by Gasteiger charge is 2.20. The van der Waals surface area contributed by atoms with Crippen LogP contribution in [0.5, 0.6) is 0 Å². The second-order valence-electron chi connectivity index (χ2n) is 4.53. The molecule has 0 atom stereocenters. The van der Waals surface area contributed by atoms with Crippen molar-refractivity contribution in [1.29, 1.82) is 5.26 Å². The maximum Gasteiger partial charge on any atom is 0.243 e. The van der Waals surface area contributed by atoms with Gasteiger partial charge in [0.05, 0.1) is 16.5 Å². The molecule has 6 heteroatoms. The number of benzene rings is 2. The zero-order valence-corrected chi connectivity index (χ0v) is 12.1. The van der Waals surface area contributed by atoms with E-state index in [4.69, 9.17) is 5.26 Å². The number of nitriles is 1. The lowest BCUT2D eigenvalue weighted by Gasteiger charge is -2.17. The maximum absolute atomic E-state index is 13.1. The van der Waals surface area contributed by atoms with Gasteiger partial charge in [0.2, 0.25) is 10.0 Å². The van der Waals surface area contributed by atoms with E-state index in [-0.39, 0.29) is 11.4 Å². The van der Waals surface area contributed by atoms with Gasteiger partial charge in [0, 0.05) is 13.6 Å². The van der Waals surface area contributed by atoms with Crippen LogP contribution in [-0.4, -0.2) is 19.8 Å². The fraction of sp³-hybridized carbons (Fsp3) is 0.133. The van der Waals surface area contributed by atoms with Crippen LogP contribution in [0.3, 0.4) is 0 Å². The third-order valence-corrected chi connectivity index (χ3v) is 4.80. The Kier molecular flexibility index (Phi) is 4.36. The highest BCUT2D eigenvalue weighted by atomic mass is 32.2. The molecule has 0 N–H and O–H groups in total. The van der Waals surface area contributed by atoms with E-state index < -0.39 is 15.8 Å². The monoisotopic (exact) mass is 304 g/mol. The fourth-order valence-corrected chi connectivity index (χ4v) is 3.02. The van der Waals surface area contributed by atoms with E-state index in [0.717, 1.165) is 4.31 Å². The number of hydrogen-bond donors (Lipinski definition) is 0. The molecule has 0 aliphatic carbocycles. The molecular formula is C15H13FN2O2S. The Morgan fingerprint density at radius 1 is 1.19 bits per heavy atom. The van der Waals surface area contributed by atoms with Crippen molar-refractivity contribution in [2.75, 3.05) is 7.05 Å². The summed E-state index contributed by atoms with van der Waals surface area (Å²) in [6, 6.07) is 13.4. The summed E-state index contributed by atoms with van der Waals surface area (Å²) in [5.41, 5.74) is 0.955. The molecule has 0 aliphatic rings. The molecule has 2 aromatic rings. The molecule has 0 amide bonds. The molecule has 0 heterocycles. The van der Waals surface area contributed by atoms with Crippen LogP contribution in [0.1, 0.15) is 11.1 Å². The molecule has 2 rings (SSSR count). The summed E-state index contributed by atoms with van der Waals surface area (Å²) < 4.78 is 39.0. The average Bonchev–Trinajstić information content (AvgIpc) is 2.47. The molecule has 0 aromatic heterocycles. The lowest BCUT2D eigenvalue weighted by molar-refractivity contribution is 0.465. The zero-order valence-electron chi connectivity index (χ0n) is 11.3. The van der Waals surface area contributed by atoms with Crippen LogP contribution in [0, 0.1) is 17.1 Å². The maximum atomic E-state index is 13.1. The molecule has 0 saturated carbocycles. The van der Waals surface area contributed by atoms with Gasteiger partial charge in [0.15, 0.2) is 0 Å². The van der Waals surface area contributed by atoms with Gasteiger partial charge in [-0.2, -0.15) is 9.57 Å². The van der Waals surface area contributed by atoms with Crippen LogP contribution in [-0.2, 0) is 16.6 Å². The summed E-state index contributed by atoms with van der Waals surface area (Å²) in [5, 5.41) is 8.72. The molecule has 0 spiro atoms. The summed E-state index contributed by atoms with van der Waals surface area (Å²) in [4.78, 5) is 0.0976. The first-order valence-electron chi connectivity index (χ1n) is 6.14. The van der Waals surface area contributed by atoms with Gasteiger partial charge < -0.3 is 0 Å². The predicted octanol–water partition coefficient (Wildman–Crippen LogP) is 2.52. The first-order valence-corrected chi connectivity index (χ1v) is 7.58. The van der Waals surface area contributed by atoms with Crippen LogP contribution in [0.4, 0.5) is 4.39 Å². The lowest BCUT2D eigenvalue weighted by Crippen LogP contribution is -2.26. The van der Waals surface area contributed by atoms with Crippen molar-refractivity contribution in [1.82, 2.24) is 4.31 Å². The van der Waals surface area contributed by atoms with Crippen LogP contribution in [0.2, 0.25) is 0 Å². The van der Waals surface area contributed by atoms with Crippen molar-refractivity contribution in [3.8, 4) is 6.07 Å². The average molecular weight is 304 g/mol. The van der Waals surface area contributed by atoms with Crippen molar-refractivity contribution >= 4 is 10.0 Å². The zero-order chi connectivity index (χ0) is 15.5. The van der Waals surface area contributed by atoms with Crippen molar-refractivity contribution < 1.29 is 12.8 Å². The van der Waals surface area contributed by atoms with E-state index in [0.29, 0.717) is 11.1 Å². The predicted molar refractivity (Wildman–Crippen MR) is 76.2 cm³/mol. The molecule has 0 unspecified atom stereocenters. The first-order chi connectivity index (χ1) is 9.93. The van der Waals surface area contributed by atoms with E-state index in [2.05, 4.69) is 0 Å². The van der Waals surface area contributed by atoms with E-state index in [1.54, 1.807) is 6.07 Å². The smallest absolute Gasteiger partial charge is 0.207 e. The Bertz CT molecular complexity index is 780. The highest BCUT2D eigenvalue weighted by molar-refractivity contribution is 7.89. The normalized spacial score (nSPS) is 11.3. The molecule has 21 heavy (non-hydrogen) atoms. The molecular weight excluding hydrogens is 291 g/mol. The van der Waals surface area contributed by atoms with Crippen LogP contribution in [0.25, 0.3) is 0 Å². The molecule has 2 aromatic carbocycles. The van der Waals surface area contributed by atoms with Crippen LogP contribution in [0.15, 0.2) is 53.4 Å². The van der Waals surface area contributed by atoms with Gasteiger partial charge in [-0.1, -0.05) is 12.1 Å². The van der Waals surface area contributed by atoms with Gasteiger partial charge in [-0.25, -0.2) is 12.8 Å². The minimum absolute atomic E-state index is 0.0695. The highest BCUT2D eigenvalue weighted by Crippen LogP contribution is 2.17. The Balaban J connectivity index is 2.24. The summed E-state index contributed by atoms with van der Waals surface area (Å²) in [5.74, 6) is -0.406. The standard InChI is InChI=1S/C15H13FN2O2S/c1-18(11-13-3-2-4-14(16)9-13)21(19,20)15-7-5-12(10-17)6-8-15/h2-9H,11H2,1H3. The van der Waals surface area contributed by atoms with Crippen molar-refractivity contribution in [2.45, 2.75) is 11.4 Å². The van der Waals surface area contributed by atoms with Crippen LogP contribution >= 0.6 is 0 Å². The van der Waals surface area contributed by atoms with Gasteiger partial charge in [-0.05, 0) is 42.0 Å². The molecule has 4 nitrogen and oxygen atoms in total. The third-order valence-electron chi connectivity index (χ3n) is 2.99. The molecule has 0 fully saturated rings. The second-order valence-corrected chi connectivity index (χ2v) is 6.57. The largest absolute Gasteiger partial charge is 0.243 e. The van der Waals surface area contributed by atoms with Gasteiger partial charge in [-0.3, -0.25) is 0 Å². The molecule has 0 radical (unpaired) electrons. The number of rotatable bonds is 4. The van der Waals surface area contributed by atoms with Crippen molar-refractivity contribution in [3.05, 3.63) is 65.5 Å². The summed E-state index contributed by atoms with van der Waals surface area (Å²) in [6.45, 7) is 0.0695. The molecule has 0 saturated heterocycles. The Labute approximate surface area is 123 Å². The van der Waals surface area contributed by atoms with Crippen LogP contribution < -0.4 is 0 Å². The number of sulfonamides is 1. The summed E-state index contributed by atoms with van der Waals surface area (Å²) in [7, 11) is -2.24. The van der Waals surface area contributed by atoms with Gasteiger partial charge in [0.25, 0.3) is 0 Å². The first kappa shape index (κ1) is 15.2.